The highest BCUT2D eigenvalue weighted by Crippen LogP contribution is 2.46. The van der Waals surface area contributed by atoms with Gasteiger partial charge in [0, 0.05) is 0 Å². The average Bonchev–Trinajstić information content (AvgIpc) is 3.17. The van der Waals surface area contributed by atoms with Crippen LogP contribution in [0.3, 0.4) is 0 Å². The van der Waals surface area contributed by atoms with Crippen LogP contribution in [0.1, 0.15) is 58.7 Å². The maximum Gasteiger partial charge on any atom is 0.411 e. The molecule has 5 heteroatoms. The smallest absolute Gasteiger partial charge is 0.411 e. The van der Waals surface area contributed by atoms with Crippen molar-refractivity contribution >= 4 is 14.4 Å². The Balaban J connectivity index is 2.15. The lowest BCUT2D eigenvalue weighted by atomic mass is 10.1. The molecule has 1 amide bonds. The summed E-state index contributed by atoms with van der Waals surface area (Å²) in [6.45, 7) is 19.5. The van der Waals surface area contributed by atoms with E-state index in [1.165, 1.54) is 5.56 Å². The second-order valence-electron chi connectivity index (χ2n) is 9.88. The molecule has 1 saturated heterocycles. The van der Waals surface area contributed by atoms with Crippen LogP contribution >= 0.6 is 0 Å². The summed E-state index contributed by atoms with van der Waals surface area (Å²) in [6, 6.07) is 8.46. The van der Waals surface area contributed by atoms with Gasteiger partial charge in [0.05, 0.1) is 18.7 Å². The van der Waals surface area contributed by atoms with Gasteiger partial charge in [-0.15, -0.1) is 0 Å². The van der Waals surface area contributed by atoms with Gasteiger partial charge in [-0.2, -0.15) is 0 Å². The monoisotopic (exact) mass is 377 g/mol. The van der Waals surface area contributed by atoms with Crippen molar-refractivity contribution in [3.63, 3.8) is 0 Å². The number of carbonyl (C=O) groups is 1. The Hall–Kier alpha value is -1.33. The van der Waals surface area contributed by atoms with Crippen molar-refractivity contribution in [2.75, 3.05) is 6.61 Å². The molecule has 2 rings (SSSR count). The summed E-state index contributed by atoms with van der Waals surface area (Å²) >= 11 is 0. The first-order valence-electron chi connectivity index (χ1n) is 9.45. The van der Waals surface area contributed by atoms with Gasteiger partial charge in [-0.05, 0) is 51.4 Å². The Labute approximate surface area is 160 Å². The minimum Gasteiger partial charge on any atom is -0.444 e. The van der Waals surface area contributed by atoms with Crippen molar-refractivity contribution in [1.82, 2.24) is 4.90 Å². The molecule has 0 aromatic heterocycles. The number of carbonyl (C=O) groups excluding carboxylic acids is 1. The fourth-order valence-electron chi connectivity index (χ4n) is 2.67. The molecule has 1 aromatic rings. The van der Waals surface area contributed by atoms with Crippen LogP contribution in [-0.4, -0.2) is 37.6 Å². The highest BCUT2D eigenvalue weighted by molar-refractivity contribution is 6.74. The van der Waals surface area contributed by atoms with Gasteiger partial charge in [-0.1, -0.05) is 50.6 Å². The van der Waals surface area contributed by atoms with E-state index in [0.29, 0.717) is 6.61 Å². The summed E-state index contributed by atoms with van der Waals surface area (Å²) in [6.07, 6.45) is -0.257. The van der Waals surface area contributed by atoms with Crippen LogP contribution in [0.25, 0.3) is 0 Å². The molecule has 0 saturated carbocycles. The van der Waals surface area contributed by atoms with E-state index in [-0.39, 0.29) is 23.2 Å². The normalized spacial score (nSPS) is 20.9. The summed E-state index contributed by atoms with van der Waals surface area (Å²) in [5.41, 5.74) is 1.86. The highest BCUT2D eigenvalue weighted by Gasteiger charge is 2.54. The summed E-state index contributed by atoms with van der Waals surface area (Å²) in [5, 5.41) is 0.151. The van der Waals surface area contributed by atoms with E-state index < -0.39 is 13.9 Å². The van der Waals surface area contributed by atoms with Crippen molar-refractivity contribution in [1.29, 1.82) is 0 Å². The second kappa shape index (κ2) is 7.00. The van der Waals surface area contributed by atoms with Crippen molar-refractivity contribution in [2.45, 2.75) is 84.3 Å². The number of ether oxygens (including phenoxy) is 1. The largest absolute Gasteiger partial charge is 0.444 e. The molecule has 0 N–H and O–H groups in total. The first-order valence-corrected chi connectivity index (χ1v) is 12.4. The van der Waals surface area contributed by atoms with E-state index in [1.54, 1.807) is 0 Å². The van der Waals surface area contributed by atoms with E-state index >= 15 is 0 Å². The summed E-state index contributed by atoms with van der Waals surface area (Å²) in [4.78, 5) is 14.5. The molecule has 4 nitrogen and oxygen atoms in total. The quantitative estimate of drug-likeness (QED) is 0.501. The van der Waals surface area contributed by atoms with Crippen LogP contribution in [0.15, 0.2) is 24.3 Å². The number of amides is 1. The molecule has 2 unspecified atom stereocenters. The molecule has 146 valence electrons. The number of hydrogen-bond acceptors (Lipinski definition) is 3. The Morgan fingerprint density at radius 1 is 1.08 bits per heavy atom. The number of benzene rings is 1. The maximum absolute atomic E-state index is 12.7. The molecule has 1 heterocycles. The van der Waals surface area contributed by atoms with Gasteiger partial charge in [-0.3, -0.25) is 4.90 Å². The number of rotatable bonds is 4. The lowest BCUT2D eigenvalue weighted by molar-refractivity contribution is 0.0383. The van der Waals surface area contributed by atoms with Crippen LogP contribution < -0.4 is 0 Å². The third kappa shape index (κ3) is 4.89. The van der Waals surface area contributed by atoms with Crippen molar-refractivity contribution in [2.24, 2.45) is 0 Å². The summed E-state index contributed by atoms with van der Waals surface area (Å²) in [5.74, 6) is 0. The van der Waals surface area contributed by atoms with Crippen molar-refractivity contribution in [3.05, 3.63) is 35.4 Å². The molecule has 2 atom stereocenters. The fraction of sp³-hybridized carbons (Fsp3) is 0.667. The SMILES string of the molecule is Cc1ccc(C2C(CO[Si](C)(C)C(C)(C)C)N2C(=O)OC(C)(C)C)cc1. The molecule has 0 bridgehead atoms. The summed E-state index contributed by atoms with van der Waals surface area (Å²) < 4.78 is 12.0. The Kier molecular flexibility index (Phi) is 5.65. The zero-order valence-electron chi connectivity index (χ0n) is 17.8. The van der Waals surface area contributed by atoms with Gasteiger partial charge in [0.15, 0.2) is 8.32 Å². The maximum atomic E-state index is 12.7. The van der Waals surface area contributed by atoms with E-state index in [4.69, 9.17) is 9.16 Å². The first kappa shape index (κ1) is 21.0. The third-order valence-electron chi connectivity index (χ3n) is 5.38. The molecule has 0 spiro atoms. The lowest BCUT2D eigenvalue weighted by Gasteiger charge is -2.36. The molecule has 1 aliphatic rings. The predicted octanol–water partition coefficient (Wildman–Crippen LogP) is 5.68. The van der Waals surface area contributed by atoms with Gasteiger partial charge < -0.3 is 9.16 Å². The van der Waals surface area contributed by atoms with Crippen molar-refractivity contribution in [3.8, 4) is 0 Å². The zero-order chi connectivity index (χ0) is 19.9. The minimum absolute atomic E-state index is 0.0372. The van der Waals surface area contributed by atoms with E-state index in [2.05, 4.69) is 65.1 Å². The van der Waals surface area contributed by atoms with Crippen LogP contribution in [0.4, 0.5) is 4.79 Å². The molecular formula is C21H35NO3Si. The minimum atomic E-state index is -1.86. The van der Waals surface area contributed by atoms with Crippen LogP contribution in [0, 0.1) is 6.92 Å². The standard InChI is InChI=1S/C21H35NO3Si/c1-15-10-12-16(13-11-15)18-17(14-24-26(8,9)21(5,6)7)22(18)19(23)25-20(2,3)4/h10-13,17-18H,14H2,1-9H3. The summed E-state index contributed by atoms with van der Waals surface area (Å²) in [7, 11) is -1.86. The van der Waals surface area contributed by atoms with E-state index in [1.807, 2.05) is 25.7 Å². The molecule has 26 heavy (non-hydrogen) atoms. The van der Waals surface area contributed by atoms with Gasteiger partial charge in [0.2, 0.25) is 0 Å². The van der Waals surface area contributed by atoms with Crippen molar-refractivity contribution < 1.29 is 14.0 Å². The zero-order valence-corrected chi connectivity index (χ0v) is 18.8. The molecule has 1 aliphatic heterocycles. The molecule has 1 aromatic carbocycles. The van der Waals surface area contributed by atoms with E-state index in [9.17, 15) is 4.79 Å². The Morgan fingerprint density at radius 3 is 2.08 bits per heavy atom. The third-order valence-corrected chi connectivity index (χ3v) is 9.88. The first-order chi connectivity index (χ1) is 11.7. The van der Waals surface area contributed by atoms with Gasteiger partial charge in [0.25, 0.3) is 0 Å². The van der Waals surface area contributed by atoms with E-state index in [0.717, 1.165) is 5.56 Å². The molecular weight excluding hydrogens is 342 g/mol. The van der Waals surface area contributed by atoms with Gasteiger partial charge in [-0.25, -0.2) is 4.79 Å². The van der Waals surface area contributed by atoms with Gasteiger partial charge in [0.1, 0.15) is 5.60 Å². The lowest BCUT2D eigenvalue weighted by Crippen LogP contribution is -2.42. The van der Waals surface area contributed by atoms with Crippen LogP contribution in [0.2, 0.25) is 18.1 Å². The Bertz CT molecular complexity index is 641. The second-order valence-corrected chi connectivity index (χ2v) is 14.7. The number of hydrogen-bond donors (Lipinski definition) is 0. The highest BCUT2D eigenvalue weighted by atomic mass is 28.4. The Morgan fingerprint density at radius 2 is 1.62 bits per heavy atom. The average molecular weight is 378 g/mol. The van der Waals surface area contributed by atoms with Gasteiger partial charge >= 0.3 is 6.09 Å². The van der Waals surface area contributed by atoms with Crippen LogP contribution in [-0.2, 0) is 9.16 Å². The molecule has 1 fully saturated rings. The number of nitrogens with zero attached hydrogens (tertiary/aromatic N) is 1. The van der Waals surface area contributed by atoms with Crippen LogP contribution in [0.5, 0.6) is 0 Å². The topological polar surface area (TPSA) is 38.5 Å². The fourth-order valence-corrected chi connectivity index (χ4v) is 3.69. The molecule has 0 radical (unpaired) electrons. The number of aryl methyl sites for hydroxylation is 1. The molecule has 0 aliphatic carbocycles. The predicted molar refractivity (Wildman–Crippen MR) is 109 cm³/mol.